The van der Waals surface area contributed by atoms with E-state index in [1.807, 2.05) is 60.7 Å². The van der Waals surface area contributed by atoms with Crippen molar-refractivity contribution >= 4 is 6.09 Å². The molecule has 0 saturated carbocycles. The third-order valence-corrected chi connectivity index (χ3v) is 4.69. The molecule has 1 aliphatic rings. The molecule has 0 unspecified atom stereocenters. The molecule has 0 spiro atoms. The Morgan fingerprint density at radius 2 is 1.65 bits per heavy atom. The zero-order valence-electron chi connectivity index (χ0n) is 14.9. The number of hydrogen-bond donors (Lipinski definition) is 2. The normalized spacial score (nSPS) is 16.8. The molecule has 26 heavy (non-hydrogen) atoms. The van der Waals surface area contributed by atoms with E-state index in [9.17, 15) is 9.90 Å². The van der Waals surface area contributed by atoms with E-state index in [0.29, 0.717) is 6.54 Å². The summed E-state index contributed by atoms with van der Waals surface area (Å²) < 4.78 is 5.33. The Morgan fingerprint density at radius 1 is 1.04 bits per heavy atom. The van der Waals surface area contributed by atoms with E-state index in [4.69, 9.17) is 4.74 Å². The Bertz CT molecular complexity index is 672. The fraction of sp³-hybridized carbons (Fsp3) is 0.381. The van der Waals surface area contributed by atoms with Crippen LogP contribution in [-0.2, 0) is 11.3 Å². The van der Waals surface area contributed by atoms with E-state index < -0.39 is 18.2 Å². The molecule has 0 aliphatic carbocycles. The van der Waals surface area contributed by atoms with Crippen molar-refractivity contribution in [2.45, 2.75) is 31.6 Å². The van der Waals surface area contributed by atoms with Gasteiger partial charge in [-0.25, -0.2) is 4.79 Å². The van der Waals surface area contributed by atoms with Crippen molar-refractivity contribution in [2.24, 2.45) is 0 Å². The molecule has 1 amide bonds. The van der Waals surface area contributed by atoms with E-state index in [1.54, 1.807) is 0 Å². The molecular weight excluding hydrogens is 328 g/mol. The van der Waals surface area contributed by atoms with Crippen molar-refractivity contribution in [1.29, 1.82) is 0 Å². The topological polar surface area (TPSA) is 61.8 Å². The minimum atomic E-state index is -0.777. The van der Waals surface area contributed by atoms with Gasteiger partial charge in [-0.1, -0.05) is 60.7 Å². The van der Waals surface area contributed by atoms with Crippen LogP contribution in [-0.4, -0.2) is 41.8 Å². The molecule has 138 valence electrons. The summed E-state index contributed by atoms with van der Waals surface area (Å²) in [7, 11) is 0. The van der Waals surface area contributed by atoms with Gasteiger partial charge >= 0.3 is 6.09 Å². The van der Waals surface area contributed by atoms with Crippen molar-refractivity contribution in [3.63, 3.8) is 0 Å². The summed E-state index contributed by atoms with van der Waals surface area (Å²) in [5.74, 6) is 0. The highest BCUT2D eigenvalue weighted by atomic mass is 16.5. The molecule has 2 N–H and O–H groups in total. The maximum absolute atomic E-state index is 12.3. The van der Waals surface area contributed by atoms with E-state index in [1.165, 1.54) is 0 Å². The zero-order chi connectivity index (χ0) is 18.2. The smallest absolute Gasteiger partial charge is 0.407 e. The molecule has 1 saturated heterocycles. The van der Waals surface area contributed by atoms with Crippen LogP contribution in [0, 0.1) is 0 Å². The molecule has 5 nitrogen and oxygen atoms in total. The monoisotopic (exact) mass is 354 g/mol. The maximum atomic E-state index is 12.3. The van der Waals surface area contributed by atoms with Crippen molar-refractivity contribution in [1.82, 2.24) is 10.2 Å². The predicted octanol–water partition coefficient (Wildman–Crippen LogP) is 3.11. The van der Waals surface area contributed by atoms with Gasteiger partial charge in [-0.2, -0.15) is 0 Å². The number of nitrogens with one attached hydrogen (secondary N) is 1. The van der Waals surface area contributed by atoms with Gasteiger partial charge in [-0.3, -0.25) is 0 Å². The number of aliphatic hydroxyl groups excluding tert-OH is 1. The number of carbonyl (C=O) groups is 1. The van der Waals surface area contributed by atoms with Crippen LogP contribution >= 0.6 is 0 Å². The SMILES string of the molecule is O=C(N[C@@H](CN1CCCC1)[C@@H](O)c1ccccc1)OCc1ccccc1. The highest BCUT2D eigenvalue weighted by Crippen LogP contribution is 2.19. The summed E-state index contributed by atoms with van der Waals surface area (Å²) >= 11 is 0. The first-order valence-corrected chi connectivity index (χ1v) is 9.15. The Labute approximate surface area is 154 Å². The lowest BCUT2D eigenvalue weighted by molar-refractivity contribution is 0.0882. The molecule has 2 aromatic carbocycles. The Morgan fingerprint density at radius 3 is 2.31 bits per heavy atom. The molecule has 1 fully saturated rings. The first kappa shape index (κ1) is 18.4. The molecular formula is C21H26N2O3. The minimum absolute atomic E-state index is 0.213. The molecule has 2 atom stereocenters. The fourth-order valence-electron chi connectivity index (χ4n) is 3.27. The molecule has 1 heterocycles. The van der Waals surface area contributed by atoms with E-state index in [2.05, 4.69) is 10.2 Å². The van der Waals surface area contributed by atoms with Gasteiger partial charge in [-0.05, 0) is 37.1 Å². The van der Waals surface area contributed by atoms with E-state index in [-0.39, 0.29) is 6.61 Å². The van der Waals surface area contributed by atoms with Gasteiger partial charge < -0.3 is 20.1 Å². The summed E-state index contributed by atoms with van der Waals surface area (Å²) in [6.07, 6.45) is 1.04. The molecule has 0 radical (unpaired) electrons. The third kappa shape index (κ3) is 5.31. The van der Waals surface area contributed by atoms with Crippen molar-refractivity contribution < 1.29 is 14.6 Å². The molecule has 0 aromatic heterocycles. The molecule has 2 aromatic rings. The lowest BCUT2D eigenvalue weighted by Gasteiger charge is -2.28. The molecule has 5 heteroatoms. The largest absolute Gasteiger partial charge is 0.445 e. The number of likely N-dealkylation sites (tertiary alicyclic amines) is 1. The second kappa shape index (κ2) is 9.36. The number of aliphatic hydroxyl groups is 1. The Kier molecular flexibility index (Phi) is 6.63. The quantitative estimate of drug-likeness (QED) is 0.802. The van der Waals surface area contributed by atoms with Gasteiger partial charge in [0.25, 0.3) is 0 Å². The molecule has 0 bridgehead atoms. The van der Waals surface area contributed by atoms with Crippen LogP contribution in [0.1, 0.15) is 30.1 Å². The summed E-state index contributed by atoms with van der Waals surface area (Å²) in [5.41, 5.74) is 1.72. The van der Waals surface area contributed by atoms with Gasteiger partial charge in [0, 0.05) is 6.54 Å². The summed E-state index contributed by atoms with van der Waals surface area (Å²) in [4.78, 5) is 14.5. The number of amides is 1. The van der Waals surface area contributed by atoms with Gasteiger partial charge in [-0.15, -0.1) is 0 Å². The minimum Gasteiger partial charge on any atom is -0.445 e. The lowest BCUT2D eigenvalue weighted by Crippen LogP contribution is -2.46. The number of carbonyl (C=O) groups excluding carboxylic acids is 1. The van der Waals surface area contributed by atoms with Crippen LogP contribution in [0.15, 0.2) is 60.7 Å². The Hall–Kier alpha value is -2.37. The van der Waals surface area contributed by atoms with Gasteiger partial charge in [0.1, 0.15) is 12.7 Å². The van der Waals surface area contributed by atoms with Crippen LogP contribution in [0.5, 0.6) is 0 Å². The van der Waals surface area contributed by atoms with Crippen molar-refractivity contribution in [2.75, 3.05) is 19.6 Å². The number of hydrogen-bond acceptors (Lipinski definition) is 4. The first-order valence-electron chi connectivity index (χ1n) is 9.15. The fourth-order valence-corrected chi connectivity index (χ4v) is 3.27. The van der Waals surface area contributed by atoms with Crippen LogP contribution < -0.4 is 5.32 Å². The van der Waals surface area contributed by atoms with E-state index >= 15 is 0 Å². The van der Waals surface area contributed by atoms with Crippen LogP contribution in [0.25, 0.3) is 0 Å². The van der Waals surface area contributed by atoms with Crippen molar-refractivity contribution in [3.05, 3.63) is 71.8 Å². The van der Waals surface area contributed by atoms with Crippen LogP contribution in [0.3, 0.4) is 0 Å². The summed E-state index contributed by atoms with van der Waals surface area (Å²) in [6, 6.07) is 18.6. The first-order chi connectivity index (χ1) is 12.7. The highest BCUT2D eigenvalue weighted by Gasteiger charge is 2.27. The van der Waals surface area contributed by atoms with Gasteiger partial charge in [0.2, 0.25) is 0 Å². The number of nitrogens with zero attached hydrogens (tertiary/aromatic N) is 1. The predicted molar refractivity (Wildman–Crippen MR) is 101 cm³/mol. The average molecular weight is 354 g/mol. The molecule has 1 aliphatic heterocycles. The number of rotatable bonds is 7. The van der Waals surface area contributed by atoms with Gasteiger partial charge in [0.05, 0.1) is 6.04 Å². The lowest BCUT2D eigenvalue weighted by atomic mass is 10.0. The zero-order valence-corrected chi connectivity index (χ0v) is 14.9. The number of alkyl carbamates (subject to hydrolysis) is 1. The van der Waals surface area contributed by atoms with Crippen molar-refractivity contribution in [3.8, 4) is 0 Å². The number of ether oxygens (including phenoxy) is 1. The maximum Gasteiger partial charge on any atom is 0.407 e. The average Bonchev–Trinajstić information content (AvgIpc) is 3.20. The van der Waals surface area contributed by atoms with Gasteiger partial charge in [0.15, 0.2) is 0 Å². The Balaban J connectivity index is 1.61. The summed E-state index contributed by atoms with van der Waals surface area (Å²) in [6.45, 7) is 2.82. The third-order valence-electron chi connectivity index (χ3n) is 4.69. The summed E-state index contributed by atoms with van der Waals surface area (Å²) in [5, 5.41) is 13.6. The second-order valence-corrected chi connectivity index (χ2v) is 6.68. The standard InChI is InChI=1S/C21H26N2O3/c24-20(18-11-5-2-6-12-18)19(15-23-13-7-8-14-23)22-21(25)26-16-17-9-3-1-4-10-17/h1-6,9-12,19-20,24H,7-8,13-16H2,(H,22,25)/t19-,20-/m0/s1. The second-order valence-electron chi connectivity index (χ2n) is 6.68. The van der Waals surface area contributed by atoms with Crippen LogP contribution in [0.4, 0.5) is 4.79 Å². The highest BCUT2D eigenvalue weighted by molar-refractivity contribution is 5.67. The van der Waals surface area contributed by atoms with E-state index in [0.717, 1.165) is 37.1 Å². The number of benzene rings is 2. The molecule has 3 rings (SSSR count). The van der Waals surface area contributed by atoms with Crippen LogP contribution in [0.2, 0.25) is 0 Å².